The largest absolute Gasteiger partial charge is 0.435 e. The number of hydrogen-bond acceptors (Lipinski definition) is 5. The molecule has 25 heavy (non-hydrogen) atoms. The Morgan fingerprint density at radius 2 is 1.96 bits per heavy atom. The van der Waals surface area contributed by atoms with Gasteiger partial charge >= 0.3 is 0 Å². The van der Waals surface area contributed by atoms with Crippen LogP contribution in [0, 0.1) is 18.8 Å². The van der Waals surface area contributed by atoms with Crippen LogP contribution in [0.15, 0.2) is 4.42 Å². The van der Waals surface area contributed by atoms with Gasteiger partial charge in [0, 0.05) is 26.1 Å². The number of hydrogen-bond donors (Lipinski definition) is 1. The first-order valence-electron chi connectivity index (χ1n) is 9.63. The predicted octanol–water partition coefficient (Wildman–Crippen LogP) is 1.94. The SMILES string of the molecule is Cc1nc(CC2CC2)oc1C(=O)NCC1CCN(CCN(C)C)CC1. The zero-order valence-corrected chi connectivity index (χ0v) is 15.9. The maximum atomic E-state index is 12.4. The van der Waals surface area contributed by atoms with Gasteiger partial charge in [0.15, 0.2) is 5.89 Å². The highest BCUT2D eigenvalue weighted by atomic mass is 16.4. The van der Waals surface area contributed by atoms with Crippen molar-refractivity contribution < 1.29 is 9.21 Å². The smallest absolute Gasteiger partial charge is 0.289 e. The van der Waals surface area contributed by atoms with Crippen molar-refractivity contribution in [1.29, 1.82) is 0 Å². The molecule has 0 unspecified atom stereocenters. The van der Waals surface area contributed by atoms with E-state index in [-0.39, 0.29) is 5.91 Å². The molecule has 1 aliphatic heterocycles. The summed E-state index contributed by atoms with van der Waals surface area (Å²) in [4.78, 5) is 21.6. The molecule has 0 radical (unpaired) electrons. The number of aromatic nitrogens is 1. The number of likely N-dealkylation sites (N-methyl/N-ethyl adjacent to an activating group) is 1. The summed E-state index contributed by atoms with van der Waals surface area (Å²) in [7, 11) is 4.23. The Labute approximate surface area is 151 Å². The van der Waals surface area contributed by atoms with Crippen LogP contribution in [0.4, 0.5) is 0 Å². The van der Waals surface area contributed by atoms with Crippen molar-refractivity contribution in [2.45, 2.75) is 39.0 Å². The molecule has 0 atom stereocenters. The molecule has 6 heteroatoms. The molecule has 2 heterocycles. The Bertz CT molecular complexity index is 572. The Kier molecular flexibility index (Phi) is 6.12. The van der Waals surface area contributed by atoms with E-state index in [0.29, 0.717) is 23.3 Å². The second-order valence-corrected chi connectivity index (χ2v) is 7.97. The molecule has 0 aromatic carbocycles. The number of likely N-dealkylation sites (tertiary alicyclic amines) is 1. The second kappa shape index (κ2) is 8.32. The Morgan fingerprint density at radius 1 is 1.24 bits per heavy atom. The van der Waals surface area contributed by atoms with Crippen molar-refractivity contribution in [3.8, 4) is 0 Å². The zero-order valence-electron chi connectivity index (χ0n) is 15.9. The lowest BCUT2D eigenvalue weighted by Gasteiger charge is -2.32. The third kappa shape index (κ3) is 5.54. The van der Waals surface area contributed by atoms with Crippen LogP contribution >= 0.6 is 0 Å². The molecule has 1 aromatic heterocycles. The minimum Gasteiger partial charge on any atom is -0.435 e. The zero-order chi connectivity index (χ0) is 17.8. The maximum Gasteiger partial charge on any atom is 0.289 e. The fraction of sp³-hybridized carbons (Fsp3) is 0.789. The van der Waals surface area contributed by atoms with Gasteiger partial charge < -0.3 is 19.5 Å². The molecular formula is C19H32N4O2. The van der Waals surface area contributed by atoms with E-state index in [9.17, 15) is 4.79 Å². The van der Waals surface area contributed by atoms with Gasteiger partial charge in [-0.3, -0.25) is 4.79 Å². The lowest BCUT2D eigenvalue weighted by molar-refractivity contribution is 0.0904. The first-order valence-corrected chi connectivity index (χ1v) is 9.63. The summed E-state index contributed by atoms with van der Waals surface area (Å²) in [6.07, 6.45) is 5.69. The molecular weight excluding hydrogens is 316 g/mol. The van der Waals surface area contributed by atoms with Crippen molar-refractivity contribution in [3.63, 3.8) is 0 Å². The van der Waals surface area contributed by atoms with E-state index in [4.69, 9.17) is 4.42 Å². The van der Waals surface area contributed by atoms with Gasteiger partial charge in [-0.2, -0.15) is 0 Å². The number of rotatable bonds is 8. The van der Waals surface area contributed by atoms with E-state index in [1.165, 1.54) is 12.8 Å². The van der Waals surface area contributed by atoms with Crippen LogP contribution in [0.5, 0.6) is 0 Å². The molecule has 2 fully saturated rings. The summed E-state index contributed by atoms with van der Waals surface area (Å²) < 4.78 is 5.70. The van der Waals surface area contributed by atoms with Crippen molar-refractivity contribution in [2.24, 2.45) is 11.8 Å². The lowest BCUT2D eigenvalue weighted by Crippen LogP contribution is -2.41. The third-order valence-electron chi connectivity index (χ3n) is 5.33. The van der Waals surface area contributed by atoms with Gasteiger partial charge in [-0.1, -0.05) is 0 Å². The number of carbonyl (C=O) groups is 1. The van der Waals surface area contributed by atoms with Gasteiger partial charge in [-0.25, -0.2) is 4.98 Å². The maximum absolute atomic E-state index is 12.4. The van der Waals surface area contributed by atoms with Gasteiger partial charge in [-0.15, -0.1) is 0 Å². The number of aryl methyl sites for hydroxylation is 1. The van der Waals surface area contributed by atoms with Gasteiger partial charge in [-0.05, 0) is 71.6 Å². The number of oxazole rings is 1. The number of amides is 1. The van der Waals surface area contributed by atoms with Gasteiger partial charge in [0.05, 0.1) is 5.69 Å². The number of nitrogens with one attached hydrogen (secondary N) is 1. The monoisotopic (exact) mass is 348 g/mol. The first kappa shape index (κ1) is 18.4. The van der Waals surface area contributed by atoms with E-state index in [2.05, 4.69) is 34.2 Å². The van der Waals surface area contributed by atoms with E-state index < -0.39 is 0 Å². The molecule has 3 rings (SSSR count). The number of piperidine rings is 1. The molecule has 1 aromatic rings. The van der Waals surface area contributed by atoms with E-state index in [1.54, 1.807) is 0 Å². The summed E-state index contributed by atoms with van der Waals surface area (Å²) in [6.45, 7) is 7.08. The van der Waals surface area contributed by atoms with Gasteiger partial charge in [0.2, 0.25) is 5.76 Å². The second-order valence-electron chi connectivity index (χ2n) is 7.97. The molecule has 6 nitrogen and oxygen atoms in total. The average Bonchev–Trinajstić information content (AvgIpc) is 3.32. The summed E-state index contributed by atoms with van der Waals surface area (Å²) in [5.41, 5.74) is 0.714. The number of carbonyl (C=O) groups excluding carboxylic acids is 1. The molecule has 1 aliphatic carbocycles. The van der Waals surface area contributed by atoms with Crippen LogP contribution < -0.4 is 5.32 Å². The molecule has 2 aliphatic rings. The fourth-order valence-corrected chi connectivity index (χ4v) is 3.39. The van der Waals surface area contributed by atoms with E-state index in [0.717, 1.165) is 57.9 Å². The minimum absolute atomic E-state index is 0.109. The highest BCUT2D eigenvalue weighted by molar-refractivity contribution is 5.92. The highest BCUT2D eigenvalue weighted by Crippen LogP contribution is 2.32. The summed E-state index contributed by atoms with van der Waals surface area (Å²) in [5, 5.41) is 3.06. The summed E-state index contributed by atoms with van der Waals surface area (Å²) >= 11 is 0. The Hall–Kier alpha value is -1.40. The van der Waals surface area contributed by atoms with Crippen LogP contribution in [0.25, 0.3) is 0 Å². The van der Waals surface area contributed by atoms with E-state index in [1.807, 2.05) is 6.92 Å². The fourth-order valence-electron chi connectivity index (χ4n) is 3.39. The Balaban J connectivity index is 1.40. The average molecular weight is 348 g/mol. The number of nitrogens with zero attached hydrogens (tertiary/aromatic N) is 3. The summed E-state index contributed by atoms with van der Waals surface area (Å²) in [5.74, 6) is 2.29. The van der Waals surface area contributed by atoms with Crippen molar-refractivity contribution in [1.82, 2.24) is 20.1 Å². The third-order valence-corrected chi connectivity index (χ3v) is 5.33. The topological polar surface area (TPSA) is 61.6 Å². The van der Waals surface area contributed by atoms with Crippen LogP contribution in [0.2, 0.25) is 0 Å². The molecule has 0 spiro atoms. The molecule has 1 amide bonds. The van der Waals surface area contributed by atoms with Gasteiger partial charge in [0.1, 0.15) is 0 Å². The van der Waals surface area contributed by atoms with Gasteiger partial charge in [0.25, 0.3) is 5.91 Å². The van der Waals surface area contributed by atoms with Crippen molar-refractivity contribution >= 4 is 5.91 Å². The highest BCUT2D eigenvalue weighted by Gasteiger charge is 2.26. The van der Waals surface area contributed by atoms with E-state index >= 15 is 0 Å². The quantitative estimate of drug-likeness (QED) is 0.778. The van der Waals surface area contributed by atoms with Crippen LogP contribution in [-0.2, 0) is 6.42 Å². The molecule has 1 saturated carbocycles. The van der Waals surface area contributed by atoms with Crippen LogP contribution in [-0.4, -0.2) is 67.5 Å². The normalized spacial score (nSPS) is 19.5. The summed E-state index contributed by atoms with van der Waals surface area (Å²) in [6, 6.07) is 0. The van der Waals surface area contributed by atoms with Crippen molar-refractivity contribution in [2.75, 3.05) is 46.8 Å². The predicted molar refractivity (Wildman–Crippen MR) is 97.7 cm³/mol. The minimum atomic E-state index is -0.109. The van der Waals surface area contributed by atoms with Crippen LogP contribution in [0.1, 0.15) is 47.8 Å². The standard InChI is InChI=1S/C19H32N4O2/c1-14-18(25-17(21-14)12-15-4-5-15)19(24)20-13-16-6-8-23(9-7-16)11-10-22(2)3/h15-16H,4-13H2,1-3H3,(H,20,24). The van der Waals surface area contributed by atoms with Crippen molar-refractivity contribution in [3.05, 3.63) is 17.3 Å². The van der Waals surface area contributed by atoms with Crippen LogP contribution in [0.3, 0.4) is 0 Å². The molecule has 140 valence electrons. The molecule has 1 N–H and O–H groups in total. The molecule has 0 bridgehead atoms. The molecule has 1 saturated heterocycles. The Morgan fingerprint density at radius 3 is 2.60 bits per heavy atom. The lowest BCUT2D eigenvalue weighted by atomic mass is 9.97. The first-order chi connectivity index (χ1) is 12.0.